The molecule has 2 heteroatoms. The van der Waals surface area contributed by atoms with Crippen LogP contribution in [0.1, 0.15) is 22.3 Å². The van der Waals surface area contributed by atoms with Gasteiger partial charge < -0.3 is 4.74 Å². The second-order valence-corrected chi connectivity index (χ2v) is 3.04. The largest absolute Gasteiger partial charge is 0.384 e. The van der Waals surface area contributed by atoms with Crippen LogP contribution in [0.25, 0.3) is 0 Å². The molecule has 0 saturated carbocycles. The van der Waals surface area contributed by atoms with Crippen LogP contribution in [0, 0.1) is 6.92 Å². The molecule has 2 nitrogen and oxygen atoms in total. The molecular weight excluding hydrogens is 164 g/mol. The van der Waals surface area contributed by atoms with E-state index in [-0.39, 0.29) is 5.78 Å². The maximum Gasteiger partial charge on any atom is 0.165 e. The molecule has 0 unspecified atom stereocenters. The number of ether oxygens (including phenoxy) is 1. The smallest absolute Gasteiger partial charge is 0.165 e. The Bertz CT molecular complexity index is 292. The van der Waals surface area contributed by atoms with E-state index in [1.165, 1.54) is 0 Å². The lowest BCUT2D eigenvalue weighted by atomic mass is 10.1. The van der Waals surface area contributed by atoms with Gasteiger partial charge in [-0.15, -0.1) is 0 Å². The van der Waals surface area contributed by atoms with Crippen LogP contribution in [0.3, 0.4) is 0 Å². The van der Waals surface area contributed by atoms with E-state index in [1.54, 1.807) is 7.11 Å². The maximum absolute atomic E-state index is 11.5. The van der Waals surface area contributed by atoms with Gasteiger partial charge in [0.05, 0.1) is 6.61 Å². The number of carbonyl (C=O) groups excluding carboxylic acids is 1. The van der Waals surface area contributed by atoms with Crippen molar-refractivity contribution in [2.24, 2.45) is 0 Å². The Kier molecular flexibility index (Phi) is 3.65. The molecule has 0 radical (unpaired) electrons. The molecule has 1 aromatic carbocycles. The SMILES string of the molecule is COCCC(=O)c1cccc(C)c1. The number of hydrogen-bond acceptors (Lipinski definition) is 2. The van der Waals surface area contributed by atoms with Crippen molar-refractivity contribution in [3.05, 3.63) is 35.4 Å². The van der Waals surface area contributed by atoms with Crippen LogP contribution in [-0.2, 0) is 4.74 Å². The van der Waals surface area contributed by atoms with Crippen LogP contribution in [0.5, 0.6) is 0 Å². The molecule has 70 valence electrons. The molecule has 0 saturated heterocycles. The molecule has 0 heterocycles. The second-order valence-electron chi connectivity index (χ2n) is 3.04. The van der Waals surface area contributed by atoms with Crippen LogP contribution in [-0.4, -0.2) is 19.5 Å². The number of ketones is 1. The zero-order valence-electron chi connectivity index (χ0n) is 8.04. The van der Waals surface area contributed by atoms with E-state index in [2.05, 4.69) is 0 Å². The number of methoxy groups -OCH3 is 1. The van der Waals surface area contributed by atoms with E-state index in [4.69, 9.17) is 4.74 Å². The van der Waals surface area contributed by atoms with Crippen molar-refractivity contribution in [2.75, 3.05) is 13.7 Å². The lowest BCUT2D eigenvalue weighted by Crippen LogP contribution is -2.03. The predicted octanol–water partition coefficient (Wildman–Crippen LogP) is 2.21. The monoisotopic (exact) mass is 178 g/mol. The average Bonchev–Trinajstić information content (AvgIpc) is 2.14. The van der Waals surface area contributed by atoms with Crippen molar-refractivity contribution in [3.63, 3.8) is 0 Å². The Hall–Kier alpha value is -1.15. The summed E-state index contributed by atoms with van der Waals surface area (Å²) >= 11 is 0. The number of hydrogen-bond donors (Lipinski definition) is 0. The van der Waals surface area contributed by atoms with Gasteiger partial charge in [0.15, 0.2) is 5.78 Å². The summed E-state index contributed by atoms with van der Waals surface area (Å²) in [6, 6.07) is 7.62. The molecule has 1 aromatic rings. The first kappa shape index (κ1) is 9.93. The minimum Gasteiger partial charge on any atom is -0.384 e. The minimum atomic E-state index is 0.144. The Labute approximate surface area is 78.5 Å². The van der Waals surface area contributed by atoms with Crippen molar-refractivity contribution in [1.29, 1.82) is 0 Å². The molecule has 0 N–H and O–H groups in total. The molecule has 0 spiro atoms. The van der Waals surface area contributed by atoms with Crippen LogP contribution in [0.2, 0.25) is 0 Å². The first-order valence-corrected chi connectivity index (χ1v) is 4.33. The first-order valence-electron chi connectivity index (χ1n) is 4.33. The van der Waals surface area contributed by atoms with E-state index in [0.29, 0.717) is 13.0 Å². The van der Waals surface area contributed by atoms with Gasteiger partial charge in [0, 0.05) is 19.1 Å². The summed E-state index contributed by atoms with van der Waals surface area (Å²) in [5.41, 5.74) is 1.89. The number of carbonyl (C=O) groups is 1. The lowest BCUT2D eigenvalue weighted by Gasteiger charge is -2.00. The first-order chi connectivity index (χ1) is 6.24. The van der Waals surface area contributed by atoms with Crippen molar-refractivity contribution < 1.29 is 9.53 Å². The van der Waals surface area contributed by atoms with Gasteiger partial charge in [-0.3, -0.25) is 4.79 Å². The van der Waals surface area contributed by atoms with Crippen molar-refractivity contribution in [3.8, 4) is 0 Å². The zero-order valence-corrected chi connectivity index (χ0v) is 8.04. The summed E-state index contributed by atoms with van der Waals surface area (Å²) in [7, 11) is 1.60. The zero-order chi connectivity index (χ0) is 9.68. The van der Waals surface area contributed by atoms with E-state index >= 15 is 0 Å². The van der Waals surface area contributed by atoms with Crippen LogP contribution in [0.15, 0.2) is 24.3 Å². The number of rotatable bonds is 4. The van der Waals surface area contributed by atoms with Crippen LogP contribution < -0.4 is 0 Å². The molecule has 13 heavy (non-hydrogen) atoms. The molecule has 0 fully saturated rings. The van der Waals surface area contributed by atoms with Crippen molar-refractivity contribution in [1.82, 2.24) is 0 Å². The third kappa shape index (κ3) is 2.99. The molecule has 0 aliphatic rings. The van der Waals surface area contributed by atoms with Gasteiger partial charge in [0.25, 0.3) is 0 Å². The fourth-order valence-electron chi connectivity index (χ4n) is 1.16. The Balaban J connectivity index is 2.66. The van der Waals surface area contributed by atoms with Gasteiger partial charge in [-0.25, -0.2) is 0 Å². The van der Waals surface area contributed by atoms with E-state index in [0.717, 1.165) is 11.1 Å². The fourth-order valence-corrected chi connectivity index (χ4v) is 1.16. The molecule has 0 aliphatic heterocycles. The summed E-state index contributed by atoms with van der Waals surface area (Å²) < 4.78 is 4.84. The predicted molar refractivity (Wildman–Crippen MR) is 52.0 cm³/mol. The summed E-state index contributed by atoms with van der Waals surface area (Å²) in [6.45, 7) is 2.47. The van der Waals surface area contributed by atoms with E-state index < -0.39 is 0 Å². The number of Topliss-reactive ketones (excluding diaryl/α,β-unsaturated/α-hetero) is 1. The average molecular weight is 178 g/mol. The number of aryl methyl sites for hydroxylation is 1. The summed E-state index contributed by atoms with van der Waals surface area (Å²) in [5.74, 6) is 0.144. The number of benzene rings is 1. The van der Waals surface area contributed by atoms with E-state index in [1.807, 2.05) is 31.2 Å². The lowest BCUT2D eigenvalue weighted by molar-refractivity contribution is 0.0932. The van der Waals surface area contributed by atoms with Crippen LogP contribution >= 0.6 is 0 Å². The Morgan fingerprint density at radius 1 is 1.46 bits per heavy atom. The highest BCUT2D eigenvalue weighted by atomic mass is 16.5. The third-order valence-electron chi connectivity index (χ3n) is 1.87. The molecule has 0 aliphatic carbocycles. The second kappa shape index (κ2) is 4.77. The van der Waals surface area contributed by atoms with Gasteiger partial charge in [-0.05, 0) is 13.0 Å². The van der Waals surface area contributed by atoms with Crippen molar-refractivity contribution in [2.45, 2.75) is 13.3 Å². The highest BCUT2D eigenvalue weighted by Crippen LogP contribution is 2.06. The van der Waals surface area contributed by atoms with Gasteiger partial charge in [0.2, 0.25) is 0 Å². The van der Waals surface area contributed by atoms with Crippen molar-refractivity contribution >= 4 is 5.78 Å². The minimum absolute atomic E-state index is 0.144. The molecule has 0 bridgehead atoms. The molecular formula is C11H14O2. The molecule has 0 atom stereocenters. The molecule has 0 amide bonds. The highest BCUT2D eigenvalue weighted by molar-refractivity contribution is 5.96. The third-order valence-corrected chi connectivity index (χ3v) is 1.87. The Morgan fingerprint density at radius 3 is 2.85 bits per heavy atom. The maximum atomic E-state index is 11.5. The van der Waals surface area contributed by atoms with Gasteiger partial charge >= 0.3 is 0 Å². The Morgan fingerprint density at radius 2 is 2.23 bits per heavy atom. The summed E-state index contributed by atoms with van der Waals surface area (Å²) in [6.07, 6.45) is 0.458. The quantitative estimate of drug-likeness (QED) is 0.661. The normalized spacial score (nSPS) is 10.0. The fraction of sp³-hybridized carbons (Fsp3) is 0.364. The molecule has 0 aromatic heterocycles. The standard InChI is InChI=1S/C11H14O2/c1-9-4-3-5-10(8-9)11(12)6-7-13-2/h3-5,8H,6-7H2,1-2H3. The van der Waals surface area contributed by atoms with Crippen LogP contribution in [0.4, 0.5) is 0 Å². The van der Waals surface area contributed by atoms with Gasteiger partial charge in [0.1, 0.15) is 0 Å². The molecule has 1 rings (SSSR count). The van der Waals surface area contributed by atoms with Gasteiger partial charge in [-0.1, -0.05) is 23.8 Å². The van der Waals surface area contributed by atoms with Gasteiger partial charge in [-0.2, -0.15) is 0 Å². The topological polar surface area (TPSA) is 26.3 Å². The van der Waals surface area contributed by atoms with E-state index in [9.17, 15) is 4.79 Å². The highest BCUT2D eigenvalue weighted by Gasteiger charge is 2.04. The summed E-state index contributed by atoms with van der Waals surface area (Å²) in [4.78, 5) is 11.5. The summed E-state index contributed by atoms with van der Waals surface area (Å²) in [5, 5.41) is 0.